The zero-order valence-electron chi connectivity index (χ0n) is 10.6. The van der Waals surface area contributed by atoms with Crippen LogP contribution in [0.5, 0.6) is 0 Å². The van der Waals surface area contributed by atoms with E-state index in [0.717, 1.165) is 38.0 Å². The van der Waals surface area contributed by atoms with Gasteiger partial charge < -0.3 is 5.11 Å². The first kappa shape index (κ1) is 13.6. The molecular formula is C15H20ClNO. The van der Waals surface area contributed by atoms with Crippen LogP contribution in [0, 0.1) is 5.92 Å². The van der Waals surface area contributed by atoms with Crippen LogP contribution in [0.15, 0.2) is 41.9 Å². The second kappa shape index (κ2) is 6.37. The van der Waals surface area contributed by atoms with Crippen molar-refractivity contribution in [2.45, 2.75) is 18.9 Å². The van der Waals surface area contributed by atoms with E-state index in [9.17, 15) is 5.11 Å². The van der Waals surface area contributed by atoms with Crippen molar-refractivity contribution in [2.24, 2.45) is 5.92 Å². The second-order valence-corrected chi connectivity index (χ2v) is 5.52. The minimum Gasteiger partial charge on any atom is -0.388 e. The zero-order valence-corrected chi connectivity index (χ0v) is 11.3. The van der Waals surface area contributed by atoms with Gasteiger partial charge in [0, 0.05) is 11.6 Å². The van der Waals surface area contributed by atoms with Gasteiger partial charge in [0.2, 0.25) is 0 Å². The highest BCUT2D eigenvalue weighted by Gasteiger charge is 2.25. The van der Waals surface area contributed by atoms with E-state index in [2.05, 4.69) is 11.5 Å². The van der Waals surface area contributed by atoms with Gasteiger partial charge in [-0.25, -0.2) is 0 Å². The molecule has 1 aromatic carbocycles. The van der Waals surface area contributed by atoms with E-state index < -0.39 is 0 Å². The topological polar surface area (TPSA) is 23.5 Å². The molecule has 2 rings (SSSR count). The molecule has 0 aromatic heterocycles. The Labute approximate surface area is 114 Å². The van der Waals surface area contributed by atoms with Crippen LogP contribution in [0.3, 0.4) is 0 Å². The highest BCUT2D eigenvalue weighted by molar-refractivity contribution is 6.29. The van der Waals surface area contributed by atoms with Gasteiger partial charge in [0.05, 0.1) is 6.10 Å². The summed E-state index contributed by atoms with van der Waals surface area (Å²) >= 11 is 5.82. The van der Waals surface area contributed by atoms with E-state index in [0.29, 0.717) is 11.0 Å². The number of piperidine rings is 1. The molecule has 98 valence electrons. The van der Waals surface area contributed by atoms with Crippen molar-refractivity contribution >= 4 is 11.6 Å². The number of halogens is 1. The lowest BCUT2D eigenvalue weighted by molar-refractivity contribution is 0.0619. The maximum atomic E-state index is 10.4. The SMILES string of the molecule is C=C(Cl)CN1CCC([C@H](O)c2ccccc2)CC1. The molecule has 1 atom stereocenters. The highest BCUT2D eigenvalue weighted by Crippen LogP contribution is 2.30. The van der Waals surface area contributed by atoms with Crippen LogP contribution < -0.4 is 0 Å². The molecule has 0 unspecified atom stereocenters. The lowest BCUT2D eigenvalue weighted by atomic mass is 9.87. The summed E-state index contributed by atoms with van der Waals surface area (Å²) in [5.41, 5.74) is 1.03. The van der Waals surface area contributed by atoms with Crippen LogP contribution in [0.25, 0.3) is 0 Å². The molecule has 0 aliphatic carbocycles. The van der Waals surface area contributed by atoms with Crippen LogP contribution in [0.2, 0.25) is 0 Å². The first-order valence-electron chi connectivity index (χ1n) is 6.45. The molecule has 3 heteroatoms. The molecule has 1 heterocycles. The Kier molecular flexibility index (Phi) is 4.81. The fourth-order valence-corrected chi connectivity index (χ4v) is 2.76. The lowest BCUT2D eigenvalue weighted by Crippen LogP contribution is -2.36. The van der Waals surface area contributed by atoms with E-state index >= 15 is 0 Å². The van der Waals surface area contributed by atoms with Gasteiger partial charge in [0.15, 0.2) is 0 Å². The Morgan fingerprint density at radius 3 is 2.50 bits per heavy atom. The number of nitrogens with zero attached hydrogens (tertiary/aromatic N) is 1. The molecular weight excluding hydrogens is 246 g/mol. The molecule has 1 aliphatic heterocycles. The summed E-state index contributed by atoms with van der Waals surface area (Å²) in [6.45, 7) is 6.46. The average molecular weight is 266 g/mol. The van der Waals surface area contributed by atoms with Gasteiger partial charge in [0.25, 0.3) is 0 Å². The summed E-state index contributed by atoms with van der Waals surface area (Å²) < 4.78 is 0. The number of hydrogen-bond donors (Lipinski definition) is 1. The third-order valence-corrected chi connectivity index (χ3v) is 3.73. The molecule has 0 bridgehead atoms. The number of hydrogen-bond acceptors (Lipinski definition) is 2. The zero-order chi connectivity index (χ0) is 13.0. The number of aliphatic hydroxyl groups is 1. The average Bonchev–Trinajstić information content (AvgIpc) is 2.39. The van der Waals surface area contributed by atoms with Crippen molar-refractivity contribution in [1.29, 1.82) is 0 Å². The van der Waals surface area contributed by atoms with Crippen molar-refractivity contribution in [1.82, 2.24) is 4.90 Å². The summed E-state index contributed by atoms with van der Waals surface area (Å²) in [6.07, 6.45) is 1.69. The summed E-state index contributed by atoms with van der Waals surface area (Å²) in [5.74, 6) is 0.354. The largest absolute Gasteiger partial charge is 0.388 e. The summed E-state index contributed by atoms with van der Waals surface area (Å²) in [5, 5.41) is 11.0. The third kappa shape index (κ3) is 3.58. The van der Waals surface area contributed by atoms with Crippen molar-refractivity contribution in [2.75, 3.05) is 19.6 Å². The Balaban J connectivity index is 1.88. The number of aliphatic hydroxyl groups excluding tert-OH is 1. The number of benzene rings is 1. The van der Waals surface area contributed by atoms with Crippen molar-refractivity contribution < 1.29 is 5.11 Å². The van der Waals surface area contributed by atoms with Crippen LogP contribution in [-0.4, -0.2) is 29.6 Å². The predicted molar refractivity (Wildman–Crippen MR) is 75.6 cm³/mol. The Bertz CT molecular complexity index is 385. The van der Waals surface area contributed by atoms with Gasteiger partial charge in [-0.3, -0.25) is 4.90 Å². The van der Waals surface area contributed by atoms with Crippen LogP contribution in [-0.2, 0) is 0 Å². The van der Waals surface area contributed by atoms with Gasteiger partial charge in [0.1, 0.15) is 0 Å². The molecule has 1 fully saturated rings. The Morgan fingerprint density at radius 2 is 1.94 bits per heavy atom. The highest BCUT2D eigenvalue weighted by atomic mass is 35.5. The molecule has 0 saturated carbocycles. The van der Waals surface area contributed by atoms with Gasteiger partial charge in [-0.2, -0.15) is 0 Å². The van der Waals surface area contributed by atoms with Gasteiger partial charge in [-0.1, -0.05) is 48.5 Å². The first-order valence-corrected chi connectivity index (χ1v) is 6.83. The summed E-state index contributed by atoms with van der Waals surface area (Å²) in [6, 6.07) is 9.93. The van der Waals surface area contributed by atoms with E-state index in [-0.39, 0.29) is 6.10 Å². The van der Waals surface area contributed by atoms with E-state index in [4.69, 9.17) is 11.6 Å². The fourth-order valence-electron chi connectivity index (χ4n) is 2.59. The summed E-state index contributed by atoms with van der Waals surface area (Å²) in [4.78, 5) is 2.30. The van der Waals surface area contributed by atoms with E-state index in [1.54, 1.807) is 0 Å². The summed E-state index contributed by atoms with van der Waals surface area (Å²) in [7, 11) is 0. The molecule has 0 radical (unpaired) electrons. The Hall–Kier alpha value is -0.830. The van der Waals surface area contributed by atoms with Crippen molar-refractivity contribution in [3.63, 3.8) is 0 Å². The van der Waals surface area contributed by atoms with Crippen molar-refractivity contribution in [3.05, 3.63) is 47.5 Å². The van der Waals surface area contributed by atoms with E-state index in [1.165, 1.54) is 0 Å². The monoisotopic (exact) mass is 265 g/mol. The maximum absolute atomic E-state index is 10.4. The van der Waals surface area contributed by atoms with Crippen LogP contribution in [0.1, 0.15) is 24.5 Å². The molecule has 2 nitrogen and oxygen atoms in total. The Morgan fingerprint density at radius 1 is 1.33 bits per heavy atom. The maximum Gasteiger partial charge on any atom is 0.0819 e. The molecule has 1 aromatic rings. The smallest absolute Gasteiger partial charge is 0.0819 e. The molecule has 1 aliphatic rings. The molecule has 1 saturated heterocycles. The molecule has 0 amide bonds. The quantitative estimate of drug-likeness (QED) is 0.904. The number of rotatable bonds is 4. The van der Waals surface area contributed by atoms with E-state index in [1.807, 2.05) is 30.3 Å². The van der Waals surface area contributed by atoms with Crippen LogP contribution >= 0.6 is 11.6 Å². The normalized spacial score (nSPS) is 19.7. The second-order valence-electron chi connectivity index (χ2n) is 4.99. The number of likely N-dealkylation sites (tertiary alicyclic amines) is 1. The lowest BCUT2D eigenvalue weighted by Gasteiger charge is -2.34. The first-order chi connectivity index (χ1) is 8.66. The van der Waals surface area contributed by atoms with Crippen molar-refractivity contribution in [3.8, 4) is 0 Å². The van der Waals surface area contributed by atoms with Gasteiger partial charge in [-0.15, -0.1) is 0 Å². The van der Waals surface area contributed by atoms with Gasteiger partial charge >= 0.3 is 0 Å². The van der Waals surface area contributed by atoms with Gasteiger partial charge in [-0.05, 0) is 37.4 Å². The molecule has 18 heavy (non-hydrogen) atoms. The van der Waals surface area contributed by atoms with Crippen LogP contribution in [0.4, 0.5) is 0 Å². The predicted octanol–water partition coefficient (Wildman–Crippen LogP) is 3.18. The minimum atomic E-state index is -0.340. The molecule has 0 spiro atoms. The third-order valence-electron chi connectivity index (χ3n) is 3.62. The fraction of sp³-hybridized carbons (Fsp3) is 0.467. The minimum absolute atomic E-state index is 0.340. The molecule has 1 N–H and O–H groups in total. The standard InChI is InChI=1S/C15H20ClNO/c1-12(16)11-17-9-7-14(8-10-17)15(18)13-5-3-2-4-6-13/h2-6,14-15,18H,1,7-11H2/t15-/m1/s1.